The van der Waals surface area contributed by atoms with E-state index in [9.17, 15) is 0 Å². The highest BCUT2D eigenvalue weighted by Crippen LogP contribution is 2.45. The average molecular weight is 765 g/mol. The third kappa shape index (κ3) is 6.23. The lowest BCUT2D eigenvalue weighted by molar-refractivity contribution is 1.28. The van der Waals surface area contributed by atoms with Crippen molar-refractivity contribution in [3.63, 3.8) is 0 Å². The van der Waals surface area contributed by atoms with Crippen molar-refractivity contribution in [1.82, 2.24) is 0 Å². The second-order valence-electron chi connectivity index (χ2n) is 15.3. The Morgan fingerprint density at radius 3 is 1.03 bits per heavy atom. The highest BCUT2D eigenvalue weighted by atomic mass is 15.1. The molecule has 282 valence electrons. The van der Waals surface area contributed by atoms with Crippen LogP contribution in [0.5, 0.6) is 0 Å². The molecule has 0 N–H and O–H groups in total. The van der Waals surface area contributed by atoms with Crippen LogP contribution in [-0.2, 0) is 0 Å². The molecule has 0 heterocycles. The normalized spacial score (nSPS) is 11.3. The summed E-state index contributed by atoms with van der Waals surface area (Å²) in [6, 6.07) is 87.7. The van der Waals surface area contributed by atoms with E-state index in [1.54, 1.807) is 0 Å². The minimum absolute atomic E-state index is 1.12. The van der Waals surface area contributed by atoms with Crippen LogP contribution in [-0.4, -0.2) is 0 Å². The average Bonchev–Trinajstić information content (AvgIpc) is 3.33. The van der Waals surface area contributed by atoms with Crippen molar-refractivity contribution in [1.29, 1.82) is 0 Å². The summed E-state index contributed by atoms with van der Waals surface area (Å²) < 4.78 is 0. The Balaban J connectivity index is 1.03. The van der Waals surface area contributed by atoms with E-state index in [1.807, 2.05) is 0 Å². The maximum Gasteiger partial charge on any atom is 0.0462 e. The summed E-state index contributed by atoms with van der Waals surface area (Å²) in [6.45, 7) is 0. The number of anilines is 6. The number of fused-ring (bicyclic) bond motifs is 8. The van der Waals surface area contributed by atoms with Crippen LogP contribution >= 0.6 is 0 Å². The molecule has 11 aromatic rings. The van der Waals surface area contributed by atoms with Gasteiger partial charge in [0.1, 0.15) is 0 Å². The molecule has 0 radical (unpaired) electrons. The Bertz CT molecular complexity index is 3190. The molecule has 0 saturated carbocycles. The van der Waals surface area contributed by atoms with Crippen LogP contribution in [0, 0.1) is 0 Å². The first kappa shape index (κ1) is 35.2. The molecule has 2 heteroatoms. The van der Waals surface area contributed by atoms with E-state index in [0.29, 0.717) is 0 Å². The van der Waals surface area contributed by atoms with Gasteiger partial charge in [0.2, 0.25) is 0 Å². The molecule has 0 unspecified atom stereocenters. The minimum atomic E-state index is 1.12. The van der Waals surface area contributed by atoms with Gasteiger partial charge in [-0.2, -0.15) is 0 Å². The summed E-state index contributed by atoms with van der Waals surface area (Å²) in [7, 11) is 0. The highest BCUT2D eigenvalue weighted by Gasteiger charge is 2.18. The number of nitrogens with zero attached hydrogens (tertiary/aromatic N) is 2. The van der Waals surface area contributed by atoms with Gasteiger partial charge in [0, 0.05) is 34.1 Å². The Morgan fingerprint density at radius 1 is 0.200 bits per heavy atom. The summed E-state index contributed by atoms with van der Waals surface area (Å²) >= 11 is 0. The van der Waals surface area contributed by atoms with Gasteiger partial charge >= 0.3 is 0 Å². The van der Waals surface area contributed by atoms with Gasteiger partial charge in [-0.15, -0.1) is 0 Å². The van der Waals surface area contributed by atoms with Gasteiger partial charge in [-0.05, 0) is 150 Å². The summed E-state index contributed by atoms with van der Waals surface area (Å²) in [4.78, 5) is 4.62. The molecule has 60 heavy (non-hydrogen) atoms. The van der Waals surface area contributed by atoms with Crippen LogP contribution in [0.4, 0.5) is 34.1 Å². The number of para-hydroxylation sites is 4. The molecule has 0 fully saturated rings. The molecule has 0 spiro atoms. The highest BCUT2D eigenvalue weighted by molar-refractivity contribution is 6.33. The van der Waals surface area contributed by atoms with Crippen molar-refractivity contribution in [3.05, 3.63) is 243 Å². The van der Waals surface area contributed by atoms with Crippen LogP contribution in [0.25, 0.3) is 65.3 Å². The van der Waals surface area contributed by atoms with Crippen molar-refractivity contribution in [3.8, 4) is 22.3 Å². The van der Waals surface area contributed by atoms with E-state index in [1.165, 1.54) is 65.3 Å². The van der Waals surface area contributed by atoms with Gasteiger partial charge in [0.05, 0.1) is 0 Å². The lowest BCUT2D eigenvalue weighted by Crippen LogP contribution is -2.09. The molecular formula is C58H40N2. The molecule has 11 aromatic carbocycles. The first-order chi connectivity index (χ1) is 29.8. The quantitative estimate of drug-likeness (QED) is 0.142. The topological polar surface area (TPSA) is 6.48 Å². The standard InChI is InChI=1S/C58H40N2/c1-5-17-44(18-6-1)59(45-19-7-2-8-20-45)48-34-29-41(30-35-48)43-33-38-54-56(39-43)50-25-13-14-26-51(50)57-40-55(52-27-15-16-28-53(52)58(54)57)42-31-36-49(37-32-42)60(46-21-9-3-10-22-46)47-23-11-4-12-24-47/h1-40H. The molecule has 0 aliphatic carbocycles. The molecule has 0 amide bonds. The summed E-state index contributed by atoms with van der Waals surface area (Å²) in [5, 5.41) is 10.1. The minimum Gasteiger partial charge on any atom is -0.311 e. The fourth-order valence-corrected chi connectivity index (χ4v) is 9.03. The van der Waals surface area contributed by atoms with Crippen molar-refractivity contribution in [2.45, 2.75) is 0 Å². The van der Waals surface area contributed by atoms with E-state index in [2.05, 4.69) is 252 Å². The zero-order valence-corrected chi connectivity index (χ0v) is 33.0. The molecule has 0 aliphatic heterocycles. The van der Waals surface area contributed by atoms with E-state index in [0.717, 1.165) is 34.1 Å². The van der Waals surface area contributed by atoms with Crippen LogP contribution in [0.3, 0.4) is 0 Å². The number of benzene rings is 11. The molecule has 11 rings (SSSR count). The van der Waals surface area contributed by atoms with Crippen LogP contribution < -0.4 is 9.80 Å². The van der Waals surface area contributed by atoms with Crippen LogP contribution in [0.1, 0.15) is 0 Å². The van der Waals surface area contributed by atoms with Gasteiger partial charge in [-0.25, -0.2) is 0 Å². The van der Waals surface area contributed by atoms with Crippen molar-refractivity contribution >= 4 is 77.2 Å². The van der Waals surface area contributed by atoms with Crippen molar-refractivity contribution in [2.24, 2.45) is 0 Å². The molecular weight excluding hydrogens is 725 g/mol. The molecule has 0 aliphatic rings. The summed E-state index contributed by atoms with van der Waals surface area (Å²) in [6.07, 6.45) is 0. The van der Waals surface area contributed by atoms with Crippen LogP contribution in [0.2, 0.25) is 0 Å². The maximum absolute atomic E-state index is 2.43. The van der Waals surface area contributed by atoms with Crippen molar-refractivity contribution in [2.75, 3.05) is 9.80 Å². The zero-order chi connectivity index (χ0) is 39.8. The predicted molar refractivity (Wildman–Crippen MR) is 257 cm³/mol. The Kier molecular flexibility index (Phi) is 8.87. The Labute approximate surface area is 350 Å². The van der Waals surface area contributed by atoms with Crippen molar-refractivity contribution < 1.29 is 0 Å². The molecule has 2 nitrogen and oxygen atoms in total. The number of rotatable bonds is 8. The molecule has 0 atom stereocenters. The van der Waals surface area contributed by atoms with Crippen LogP contribution in [0.15, 0.2) is 243 Å². The largest absolute Gasteiger partial charge is 0.311 e. The third-order valence-corrected chi connectivity index (χ3v) is 11.8. The van der Waals surface area contributed by atoms with E-state index >= 15 is 0 Å². The molecule has 0 aromatic heterocycles. The van der Waals surface area contributed by atoms with E-state index in [4.69, 9.17) is 0 Å². The first-order valence-corrected chi connectivity index (χ1v) is 20.6. The fraction of sp³-hybridized carbons (Fsp3) is 0. The fourth-order valence-electron chi connectivity index (χ4n) is 9.03. The Hall–Kier alpha value is -7.94. The second-order valence-corrected chi connectivity index (χ2v) is 15.3. The van der Waals surface area contributed by atoms with E-state index in [-0.39, 0.29) is 0 Å². The predicted octanol–water partition coefficient (Wildman–Crippen LogP) is 16.6. The lowest BCUT2D eigenvalue weighted by atomic mass is 9.86. The number of hydrogen-bond donors (Lipinski definition) is 0. The monoisotopic (exact) mass is 764 g/mol. The van der Waals surface area contributed by atoms with Gasteiger partial charge in [0.15, 0.2) is 0 Å². The van der Waals surface area contributed by atoms with Gasteiger partial charge < -0.3 is 9.80 Å². The first-order valence-electron chi connectivity index (χ1n) is 20.6. The summed E-state index contributed by atoms with van der Waals surface area (Å²) in [5.74, 6) is 0. The SMILES string of the molecule is c1ccc(N(c2ccccc2)c2ccc(-c3ccc4c(c3)c3ccccc3c3cc(-c5ccc(N(c6ccccc6)c6ccccc6)cc5)c5ccccc5c43)cc2)cc1. The Morgan fingerprint density at radius 2 is 0.550 bits per heavy atom. The van der Waals surface area contributed by atoms with E-state index < -0.39 is 0 Å². The van der Waals surface area contributed by atoms with Gasteiger partial charge in [-0.3, -0.25) is 0 Å². The lowest BCUT2D eigenvalue weighted by Gasteiger charge is -2.25. The smallest absolute Gasteiger partial charge is 0.0462 e. The van der Waals surface area contributed by atoms with Gasteiger partial charge in [-0.1, -0.05) is 158 Å². The molecule has 0 saturated heterocycles. The number of hydrogen-bond acceptors (Lipinski definition) is 2. The van der Waals surface area contributed by atoms with Gasteiger partial charge in [0.25, 0.3) is 0 Å². The zero-order valence-electron chi connectivity index (χ0n) is 33.0. The third-order valence-electron chi connectivity index (χ3n) is 11.8. The summed E-state index contributed by atoms with van der Waals surface area (Å²) in [5.41, 5.74) is 11.6. The molecule has 0 bridgehead atoms. The second kappa shape index (κ2) is 15.1. The maximum atomic E-state index is 2.43.